The zero-order valence-corrected chi connectivity index (χ0v) is 69.3. The lowest BCUT2D eigenvalue weighted by molar-refractivity contribution is -0.200. The molecular weight excluding hydrogens is 1490 g/mol. The van der Waals surface area contributed by atoms with Crippen LogP contribution in [0.4, 0.5) is 15.8 Å². The number of piperidine rings is 2. The van der Waals surface area contributed by atoms with Crippen LogP contribution in [-0.2, 0) is 48.4 Å². The molecule has 4 aromatic carbocycles. The standard InChI is InChI=1S/C35H50N4O3S2.C34H48N4O4S2.C9H13NO6.CH3F.CH5NS/c1-4-6-7-8-9-25-42-29-10-13-31(14-11-29)44(40,41)34-27-36-33-15-12-30(43-3)26-32(33)35(34)39-19-16-28(17-20-39)38-23-21-37(18-5-2)22-24-38;1-3-4-5-6-7-24-42-28-8-11-30(12-9-28)44(40,41)33-26-35-32-13-10-29(43-2)25-31(32)34(33)38-16-14-27(15-17-38)37-20-18-36(19-21-37)22-23-39;1-14-4-5-15-6-9(13)16-10-7(11)2-3-8(10)12;1-2;1-2-3/h10-15,26-28H,4-9,16-25H2,1-3H3;8-13,25-27,39H,3-7,14-24H2,1-2H3;2-6H2,1H3;1H3;2-3H,1H3/i;;;1D;. The first kappa shape index (κ1) is 88.6. The van der Waals surface area contributed by atoms with Gasteiger partial charge in [0.15, 0.2) is 0 Å². The Kier molecular flexibility index (Phi) is 39.2. The molecule has 7 heterocycles. The monoisotopic (exact) mass is 1610 g/mol. The number of carbonyl (C=O) groups excluding carboxylic acids is 3. The van der Waals surface area contributed by atoms with Crippen molar-refractivity contribution in [3.8, 4) is 11.5 Å². The summed E-state index contributed by atoms with van der Waals surface area (Å²) in [5.41, 5.74) is 3.20. The van der Waals surface area contributed by atoms with Gasteiger partial charge in [0, 0.05) is 150 Å². The quantitative estimate of drug-likeness (QED) is 0.0147. The van der Waals surface area contributed by atoms with Crippen molar-refractivity contribution < 1.29 is 65.9 Å². The van der Waals surface area contributed by atoms with Gasteiger partial charge in [0.2, 0.25) is 19.7 Å². The fourth-order valence-corrected chi connectivity index (χ4v) is 18.0. The van der Waals surface area contributed by atoms with Crippen LogP contribution in [0, 0.1) is 0 Å². The molecule has 23 nitrogen and oxygen atoms in total. The highest BCUT2D eigenvalue weighted by atomic mass is 32.2. The van der Waals surface area contributed by atoms with E-state index < -0.39 is 44.6 Å². The molecule has 5 fully saturated rings. The summed E-state index contributed by atoms with van der Waals surface area (Å²) in [6.07, 6.45) is 24.3. The summed E-state index contributed by atoms with van der Waals surface area (Å²) in [5, 5.41) is 11.6. The van der Waals surface area contributed by atoms with Crippen LogP contribution in [0.5, 0.6) is 11.5 Å². The van der Waals surface area contributed by atoms with Crippen molar-refractivity contribution in [2.75, 3.05) is 175 Å². The zero-order chi connectivity index (χ0) is 79.3. The lowest BCUT2D eigenvalue weighted by Gasteiger charge is -2.43. The number of imide groups is 1. The van der Waals surface area contributed by atoms with E-state index in [-0.39, 0.29) is 47.3 Å². The number of ether oxygens (including phenoxy) is 4. The number of piperazine rings is 2. The van der Waals surface area contributed by atoms with Crippen molar-refractivity contribution in [3.05, 3.63) is 97.3 Å². The molecule has 0 unspecified atom stereocenters. The molecule has 0 spiro atoms. The van der Waals surface area contributed by atoms with Gasteiger partial charge in [-0.3, -0.25) is 43.4 Å². The molecule has 6 aromatic rings. The van der Waals surface area contributed by atoms with E-state index in [1.807, 2.05) is 24.5 Å². The number of pyridine rings is 2. The first-order chi connectivity index (χ1) is 53.4. The van der Waals surface area contributed by atoms with Crippen LogP contribution in [0.2, 0.25) is 0 Å². The van der Waals surface area contributed by atoms with E-state index in [0.717, 1.165) is 179 Å². The average molecular weight is 1610 g/mol. The molecule has 109 heavy (non-hydrogen) atoms. The van der Waals surface area contributed by atoms with Gasteiger partial charge in [0.25, 0.3) is 11.8 Å². The number of nitrogens with zero attached hydrogens (tertiary/aromatic N) is 9. The molecule has 0 atom stereocenters. The summed E-state index contributed by atoms with van der Waals surface area (Å²) in [4.78, 5) is 65.1. The molecular formula is C80H119FN10O13S5. The summed E-state index contributed by atoms with van der Waals surface area (Å²) in [7, 11) is -5.40. The third-order valence-corrected chi connectivity index (χ3v) is 25.1. The first-order valence-electron chi connectivity index (χ1n) is 39.3. The van der Waals surface area contributed by atoms with Crippen LogP contribution in [0.25, 0.3) is 21.8 Å². The number of aliphatic hydroxyl groups is 1. The number of aliphatic hydroxyl groups excluding tert-OH is 1. The maximum Gasteiger partial charge on any atom is 0.358 e. The molecule has 0 bridgehead atoms. The number of rotatable bonds is 34. The van der Waals surface area contributed by atoms with Gasteiger partial charge in [-0.2, -0.15) is 0 Å². The number of hydrogen-bond donors (Lipinski definition) is 3. The Labute approximate surface area is 663 Å². The Morgan fingerprint density at radius 2 is 0.991 bits per heavy atom. The average Bonchev–Trinajstić information content (AvgIpc) is 0.847. The van der Waals surface area contributed by atoms with Crippen LogP contribution in [-0.4, -0.2) is 252 Å². The number of nitrogens with one attached hydrogen (secondary N) is 1. The van der Waals surface area contributed by atoms with Crippen molar-refractivity contribution in [1.82, 2.24) is 39.4 Å². The molecule has 29 heteroatoms. The number of anilines is 2. The second kappa shape index (κ2) is 48.2. The number of amides is 2. The number of β-amino-alcohol motifs (C(OH)–C–C–N with tert-alkyl or cyclic N) is 1. The highest BCUT2D eigenvalue weighted by molar-refractivity contribution is 7.98. The molecule has 11 rings (SSSR count). The Balaban J connectivity index is 0.000000241. The topological polar surface area (TPSA) is 246 Å². The lowest BCUT2D eigenvalue weighted by atomic mass is 10.0. The summed E-state index contributed by atoms with van der Waals surface area (Å²) < 4.78 is 96.2. The SMILES string of the molecule is CCCCCCCOc1ccc(S(=O)(=O)c2cnc3ccc(SC)cc3c2N2CCC(N3CCN(CCC)CC3)CC2)cc1.CCCCCCCOc1ccc(S(=O)(=O)c2cnc3ccc(SC)cc3c2N2CCC(N3CCN(CCO)CC3)CC2)cc1.CNS.COCCOCC(=O)ON1C(=O)CCC1=O.[2H]CF. The van der Waals surface area contributed by atoms with E-state index in [4.69, 9.17) is 20.3 Å². The number of fused-ring (bicyclic) bond motifs is 2. The fourth-order valence-electron chi connectivity index (χ4n) is 14.2. The van der Waals surface area contributed by atoms with Gasteiger partial charge in [-0.25, -0.2) is 21.6 Å². The normalized spacial score (nSPS) is 16.7. The molecule has 5 saturated heterocycles. The van der Waals surface area contributed by atoms with E-state index >= 15 is 0 Å². The van der Waals surface area contributed by atoms with Gasteiger partial charge in [-0.1, -0.05) is 85.0 Å². The van der Waals surface area contributed by atoms with Crippen LogP contribution in [0.1, 0.15) is 131 Å². The number of unbranched alkanes of at least 4 members (excludes halogenated alkanes) is 8. The van der Waals surface area contributed by atoms with Gasteiger partial charge in [0.05, 0.1) is 73.8 Å². The largest absolute Gasteiger partial charge is 0.494 e. The number of methoxy groups -OCH3 is 1. The number of thioether (sulfide) groups is 2. The number of thiol groups is 1. The maximum atomic E-state index is 14.2. The van der Waals surface area contributed by atoms with Crippen molar-refractivity contribution >= 4 is 107 Å². The highest BCUT2D eigenvalue weighted by Gasteiger charge is 2.36. The minimum atomic E-state index is -3.83. The predicted molar refractivity (Wildman–Crippen MR) is 438 cm³/mol. The number of hydroxylamine groups is 2. The van der Waals surface area contributed by atoms with Gasteiger partial charge < -0.3 is 43.6 Å². The van der Waals surface area contributed by atoms with Crippen LogP contribution in [0.15, 0.2) is 127 Å². The second-order valence-corrected chi connectivity index (χ2v) is 33.5. The molecule has 0 aliphatic carbocycles. The maximum absolute atomic E-state index is 14.2. The number of aromatic nitrogens is 2. The smallest absolute Gasteiger partial charge is 0.358 e. The van der Waals surface area contributed by atoms with E-state index in [1.54, 1.807) is 91.5 Å². The first-order valence-corrected chi connectivity index (χ1v) is 44.4. The van der Waals surface area contributed by atoms with E-state index in [9.17, 15) is 40.7 Å². The van der Waals surface area contributed by atoms with Crippen LogP contribution in [0.3, 0.4) is 0 Å². The molecule has 0 saturated carbocycles. The van der Waals surface area contributed by atoms with Crippen LogP contribution < -0.4 is 24.0 Å². The van der Waals surface area contributed by atoms with Crippen molar-refractivity contribution in [1.29, 1.82) is 0 Å². The fraction of sp³-hybridized carbons (Fsp3) is 0.588. The van der Waals surface area contributed by atoms with Crippen molar-refractivity contribution in [3.63, 3.8) is 0 Å². The van der Waals surface area contributed by atoms with Gasteiger partial charge in [-0.05, 0) is 156 Å². The summed E-state index contributed by atoms with van der Waals surface area (Å²) in [6.45, 7) is 22.1. The van der Waals surface area contributed by atoms with Crippen molar-refractivity contribution in [2.24, 2.45) is 0 Å². The predicted octanol–water partition coefficient (Wildman–Crippen LogP) is 12.7. The molecule has 2 N–H and O–H groups in total. The number of carbonyl (C=O) groups is 3. The zero-order valence-electron chi connectivity index (χ0n) is 66.1. The Morgan fingerprint density at radius 3 is 1.37 bits per heavy atom. The Hall–Kier alpha value is -5.93. The molecule has 0 radical (unpaired) electrons. The van der Waals surface area contributed by atoms with E-state index in [1.165, 1.54) is 58.6 Å². The third-order valence-electron chi connectivity index (χ3n) is 20.1. The molecule has 5 aliphatic heterocycles. The Bertz CT molecular complexity index is 3720. The summed E-state index contributed by atoms with van der Waals surface area (Å²) >= 11 is 6.85. The van der Waals surface area contributed by atoms with E-state index in [0.29, 0.717) is 53.4 Å². The summed E-state index contributed by atoms with van der Waals surface area (Å²) in [5.74, 6) is -0.385. The minimum absolute atomic E-state index is 0.0800. The van der Waals surface area contributed by atoms with Crippen LogP contribution >= 0.6 is 36.3 Å². The van der Waals surface area contributed by atoms with Gasteiger partial charge >= 0.3 is 5.97 Å². The van der Waals surface area contributed by atoms with Gasteiger partial charge in [-0.15, -0.1) is 28.6 Å². The lowest BCUT2D eigenvalue weighted by Crippen LogP contribution is -2.53. The number of sulfone groups is 2. The Morgan fingerprint density at radius 1 is 0.587 bits per heavy atom. The molecule has 604 valence electrons. The van der Waals surface area contributed by atoms with Crippen molar-refractivity contribution in [2.45, 2.75) is 171 Å². The van der Waals surface area contributed by atoms with E-state index in [2.05, 4.69) is 107 Å². The number of halogens is 1. The molecule has 2 aromatic heterocycles. The molecule has 2 amide bonds. The number of alkyl halides is 1. The highest BCUT2D eigenvalue weighted by Crippen LogP contribution is 2.42. The third kappa shape index (κ3) is 26.9. The minimum Gasteiger partial charge on any atom is -0.494 e. The molecule has 5 aliphatic rings. The van der Waals surface area contributed by atoms with Gasteiger partial charge in [0.1, 0.15) is 27.9 Å². The summed E-state index contributed by atoms with van der Waals surface area (Å²) in [6, 6.07) is 27.1. The number of hydrogen-bond acceptors (Lipinski definition) is 25. The second-order valence-electron chi connectivity index (χ2n) is 27.4. The number of benzene rings is 4.